The summed E-state index contributed by atoms with van der Waals surface area (Å²) < 4.78 is 66.6. The van der Waals surface area contributed by atoms with Gasteiger partial charge in [0.25, 0.3) is 0 Å². The summed E-state index contributed by atoms with van der Waals surface area (Å²) in [6.07, 6.45) is -5.85. The van der Waals surface area contributed by atoms with Crippen molar-refractivity contribution in [1.29, 1.82) is 0 Å². The number of rotatable bonds is 3. The topological polar surface area (TPSA) is 59.0 Å². The summed E-state index contributed by atoms with van der Waals surface area (Å²) in [5, 5.41) is 11.4. The van der Waals surface area contributed by atoms with Crippen molar-refractivity contribution in [2.45, 2.75) is 42.6 Å². The Kier molecular flexibility index (Phi) is 5.96. The average molecular weight is 528 g/mol. The number of ether oxygens (including phenoxy) is 2. The van der Waals surface area contributed by atoms with Crippen LogP contribution in [0.4, 0.5) is 22.4 Å². The Morgan fingerprint density at radius 1 is 0.974 bits per heavy atom. The van der Waals surface area contributed by atoms with Crippen molar-refractivity contribution in [3.63, 3.8) is 0 Å². The second-order valence-electron chi connectivity index (χ2n) is 10.2. The molecule has 2 fully saturated rings. The number of halogens is 4. The molecule has 9 heteroatoms. The van der Waals surface area contributed by atoms with Gasteiger partial charge in [-0.3, -0.25) is 4.90 Å². The first kappa shape index (κ1) is 24.9. The molecule has 0 radical (unpaired) electrons. The van der Waals surface area contributed by atoms with Crippen molar-refractivity contribution >= 4 is 6.09 Å². The van der Waals surface area contributed by atoms with Gasteiger partial charge in [0.05, 0.1) is 36.5 Å². The van der Waals surface area contributed by atoms with Gasteiger partial charge < -0.3 is 14.6 Å². The SMILES string of the molecule is O=C(OCC1c2ccccc2-c2ccccc21)N1C2COCC1CC(O)(c1cc(F)ccc1C(F)(F)F)C2. The number of amides is 1. The van der Waals surface area contributed by atoms with Gasteiger partial charge in [-0.1, -0.05) is 48.5 Å². The van der Waals surface area contributed by atoms with Crippen LogP contribution < -0.4 is 0 Å². The van der Waals surface area contributed by atoms with E-state index in [-0.39, 0.29) is 38.6 Å². The van der Waals surface area contributed by atoms with Crippen LogP contribution >= 0.6 is 0 Å². The van der Waals surface area contributed by atoms with Crippen molar-refractivity contribution in [1.82, 2.24) is 4.90 Å². The normalized spacial score (nSPS) is 24.6. The van der Waals surface area contributed by atoms with E-state index in [1.807, 2.05) is 48.5 Å². The predicted molar refractivity (Wildman–Crippen MR) is 130 cm³/mol. The molecule has 0 aromatic heterocycles. The average Bonchev–Trinajstić information content (AvgIpc) is 3.20. The molecule has 6 rings (SSSR count). The smallest absolute Gasteiger partial charge is 0.416 e. The van der Waals surface area contributed by atoms with Crippen molar-refractivity contribution in [2.75, 3.05) is 19.8 Å². The number of aliphatic hydroxyl groups is 1. The number of morpholine rings is 1. The monoisotopic (exact) mass is 527 g/mol. The number of carbonyl (C=O) groups is 1. The number of hydrogen-bond donors (Lipinski definition) is 1. The van der Waals surface area contributed by atoms with Gasteiger partial charge >= 0.3 is 12.3 Å². The largest absolute Gasteiger partial charge is 0.448 e. The number of carbonyl (C=O) groups excluding carboxylic acids is 1. The second-order valence-corrected chi connectivity index (χ2v) is 10.2. The lowest BCUT2D eigenvalue weighted by Gasteiger charge is -2.51. The zero-order chi connectivity index (χ0) is 26.7. The number of benzene rings is 3. The molecule has 1 amide bonds. The highest BCUT2D eigenvalue weighted by atomic mass is 19.4. The number of piperidine rings is 1. The highest BCUT2D eigenvalue weighted by Crippen LogP contribution is 2.47. The molecule has 1 aliphatic carbocycles. The summed E-state index contributed by atoms with van der Waals surface area (Å²) in [4.78, 5) is 14.8. The molecule has 2 aliphatic heterocycles. The van der Waals surface area contributed by atoms with E-state index in [9.17, 15) is 27.5 Å². The van der Waals surface area contributed by atoms with Crippen LogP contribution in [0.15, 0.2) is 66.7 Å². The van der Waals surface area contributed by atoms with Gasteiger partial charge in [-0.05, 0) is 46.0 Å². The number of fused-ring (bicyclic) bond motifs is 5. The quantitative estimate of drug-likeness (QED) is 0.435. The van der Waals surface area contributed by atoms with E-state index in [1.165, 1.54) is 4.90 Å². The number of hydrogen-bond acceptors (Lipinski definition) is 4. The zero-order valence-corrected chi connectivity index (χ0v) is 20.2. The van der Waals surface area contributed by atoms with Crippen molar-refractivity contribution in [3.05, 3.63) is 94.8 Å². The fourth-order valence-corrected chi connectivity index (χ4v) is 6.31. The Morgan fingerprint density at radius 3 is 2.13 bits per heavy atom. The minimum Gasteiger partial charge on any atom is -0.448 e. The number of alkyl halides is 3. The molecular weight excluding hydrogens is 502 g/mol. The van der Waals surface area contributed by atoms with Gasteiger partial charge in [0.1, 0.15) is 12.4 Å². The first-order valence-corrected chi connectivity index (χ1v) is 12.5. The lowest BCUT2D eigenvalue weighted by Crippen LogP contribution is -2.62. The molecule has 3 aromatic rings. The van der Waals surface area contributed by atoms with Gasteiger partial charge in [-0.15, -0.1) is 0 Å². The third-order valence-electron chi connectivity index (χ3n) is 7.89. The lowest BCUT2D eigenvalue weighted by molar-refractivity contribution is -0.153. The maximum atomic E-state index is 14.0. The van der Waals surface area contributed by atoms with Crippen molar-refractivity contribution in [2.24, 2.45) is 0 Å². The minimum absolute atomic E-state index is 0.0275. The number of nitrogens with zero attached hydrogens (tertiary/aromatic N) is 1. The molecule has 2 heterocycles. The molecule has 38 heavy (non-hydrogen) atoms. The molecule has 0 saturated carbocycles. The summed E-state index contributed by atoms with van der Waals surface area (Å²) in [6.45, 7) is 0.148. The molecule has 2 unspecified atom stereocenters. The Morgan fingerprint density at radius 2 is 1.55 bits per heavy atom. The first-order chi connectivity index (χ1) is 18.2. The summed E-state index contributed by atoms with van der Waals surface area (Å²) in [7, 11) is 0. The first-order valence-electron chi connectivity index (χ1n) is 12.5. The van der Waals surface area contributed by atoms with Gasteiger partial charge in [-0.25, -0.2) is 9.18 Å². The highest BCUT2D eigenvalue weighted by molar-refractivity contribution is 5.79. The van der Waals surface area contributed by atoms with Crippen molar-refractivity contribution < 1.29 is 36.9 Å². The van der Waals surface area contributed by atoms with E-state index in [2.05, 4.69) is 0 Å². The van der Waals surface area contributed by atoms with E-state index >= 15 is 0 Å². The summed E-state index contributed by atoms with van der Waals surface area (Å²) in [5.41, 5.74) is 0.712. The van der Waals surface area contributed by atoms with Crippen LogP contribution in [0.2, 0.25) is 0 Å². The summed E-state index contributed by atoms with van der Waals surface area (Å²) >= 11 is 0. The highest BCUT2D eigenvalue weighted by Gasteiger charge is 2.52. The maximum Gasteiger partial charge on any atom is 0.416 e. The minimum atomic E-state index is -4.77. The summed E-state index contributed by atoms with van der Waals surface area (Å²) in [5.74, 6) is -1.02. The molecule has 198 valence electrons. The van der Waals surface area contributed by atoms with Crippen LogP contribution in [0.3, 0.4) is 0 Å². The fraction of sp³-hybridized carbons (Fsp3) is 0.345. The molecule has 2 atom stereocenters. The molecule has 1 N–H and O–H groups in total. The molecule has 0 spiro atoms. The Labute approximate surface area is 216 Å². The van der Waals surface area contributed by atoms with Gasteiger partial charge in [0.2, 0.25) is 0 Å². The third-order valence-corrected chi connectivity index (χ3v) is 7.89. The van der Waals surface area contributed by atoms with E-state index < -0.39 is 46.9 Å². The molecule has 2 saturated heterocycles. The molecular formula is C29H25F4NO4. The third kappa shape index (κ3) is 4.14. The van der Waals surface area contributed by atoms with E-state index in [0.717, 1.165) is 34.4 Å². The second kappa shape index (κ2) is 9.10. The zero-order valence-electron chi connectivity index (χ0n) is 20.2. The van der Waals surface area contributed by atoms with Crippen LogP contribution in [0, 0.1) is 5.82 Å². The van der Waals surface area contributed by atoms with Gasteiger partial charge in [0.15, 0.2) is 0 Å². The Bertz CT molecular complexity index is 1330. The van der Waals surface area contributed by atoms with Crippen LogP contribution in [-0.4, -0.2) is 48.0 Å². The molecule has 5 nitrogen and oxygen atoms in total. The Balaban J connectivity index is 1.23. The fourth-order valence-electron chi connectivity index (χ4n) is 6.31. The van der Waals surface area contributed by atoms with Gasteiger partial charge in [-0.2, -0.15) is 13.2 Å². The van der Waals surface area contributed by atoms with Crippen LogP contribution in [-0.2, 0) is 21.3 Å². The standard InChI is InChI=1S/C29H25F4NO4/c30-17-9-10-25(29(31,32)33)26(11-17)28(36)12-18-14-37-15-19(13-28)34(18)27(35)38-16-24-22-7-3-1-5-20(22)21-6-2-4-8-23(21)24/h1-11,18-19,24,36H,12-16H2. The Hall–Kier alpha value is -3.43. The lowest BCUT2D eigenvalue weighted by atomic mass is 9.75. The molecule has 3 aromatic carbocycles. The predicted octanol–water partition coefficient (Wildman–Crippen LogP) is 5.84. The maximum absolute atomic E-state index is 14.0. The van der Waals surface area contributed by atoms with Crippen molar-refractivity contribution in [3.8, 4) is 11.1 Å². The van der Waals surface area contributed by atoms with Crippen LogP contribution in [0.1, 0.15) is 41.0 Å². The van der Waals surface area contributed by atoms with Crippen LogP contribution in [0.25, 0.3) is 11.1 Å². The van der Waals surface area contributed by atoms with E-state index in [0.29, 0.717) is 6.07 Å². The molecule has 2 bridgehead atoms. The van der Waals surface area contributed by atoms with E-state index in [1.54, 1.807) is 0 Å². The van der Waals surface area contributed by atoms with E-state index in [4.69, 9.17) is 9.47 Å². The van der Waals surface area contributed by atoms with Gasteiger partial charge in [0, 0.05) is 18.8 Å². The summed E-state index contributed by atoms with van der Waals surface area (Å²) in [6, 6.07) is 16.5. The molecule has 3 aliphatic rings. The van der Waals surface area contributed by atoms with Crippen LogP contribution in [0.5, 0.6) is 0 Å².